The van der Waals surface area contributed by atoms with E-state index >= 15 is 0 Å². The molecule has 0 spiro atoms. The lowest BCUT2D eigenvalue weighted by atomic mass is 10.2. The second kappa shape index (κ2) is 8.34. The summed E-state index contributed by atoms with van der Waals surface area (Å²) < 4.78 is 10.5. The first-order valence-electron chi connectivity index (χ1n) is 7.64. The number of hydrazone groups is 1. The van der Waals surface area contributed by atoms with Gasteiger partial charge in [0.2, 0.25) is 12.7 Å². The Bertz CT molecular complexity index is 839. The lowest BCUT2D eigenvalue weighted by molar-refractivity contribution is -0.384. The highest BCUT2D eigenvalue weighted by Crippen LogP contribution is 2.31. The molecule has 0 aliphatic carbocycles. The topological polar surface area (TPSA) is 103 Å². The van der Waals surface area contributed by atoms with Gasteiger partial charge in [0.05, 0.1) is 16.9 Å². The first-order chi connectivity index (χ1) is 12.6. The average molecular weight is 373 g/mol. The monoisotopic (exact) mass is 373 g/mol. The second-order valence-corrected chi connectivity index (χ2v) is 6.31. The quantitative estimate of drug-likeness (QED) is 0.455. The molecule has 9 heteroatoms. The van der Waals surface area contributed by atoms with Gasteiger partial charge in [-0.15, -0.1) is 11.8 Å². The Hall–Kier alpha value is -3.07. The fourth-order valence-corrected chi connectivity index (χ4v) is 2.96. The molecule has 134 valence electrons. The number of nitro benzene ring substituents is 1. The van der Waals surface area contributed by atoms with E-state index in [1.54, 1.807) is 24.3 Å². The van der Waals surface area contributed by atoms with Gasteiger partial charge in [0, 0.05) is 17.9 Å². The van der Waals surface area contributed by atoms with Crippen molar-refractivity contribution in [2.45, 2.75) is 5.75 Å². The number of non-ortho nitro benzene ring substituents is 1. The standard InChI is InChI=1S/C17H15N3O5S/c21-17(10-26-9-12-1-4-14(5-2-12)20(22)23)19-18-8-13-3-6-15-16(7-13)25-11-24-15/h1-8H,9-11H2,(H,19,21)/b18-8+. The lowest BCUT2D eigenvalue weighted by Crippen LogP contribution is -2.19. The Balaban J connectivity index is 1.40. The summed E-state index contributed by atoms with van der Waals surface area (Å²) in [4.78, 5) is 21.9. The predicted octanol–water partition coefficient (Wildman–Crippen LogP) is 2.71. The van der Waals surface area contributed by atoms with E-state index in [1.165, 1.54) is 30.1 Å². The number of carbonyl (C=O) groups excluding carboxylic acids is 1. The summed E-state index contributed by atoms with van der Waals surface area (Å²) in [5.41, 5.74) is 4.21. The van der Waals surface area contributed by atoms with Crippen LogP contribution in [0.1, 0.15) is 11.1 Å². The van der Waals surface area contributed by atoms with Gasteiger partial charge in [-0.05, 0) is 29.3 Å². The molecule has 1 N–H and O–H groups in total. The van der Waals surface area contributed by atoms with Crippen LogP contribution in [0.4, 0.5) is 5.69 Å². The summed E-state index contributed by atoms with van der Waals surface area (Å²) in [6.07, 6.45) is 1.53. The first-order valence-corrected chi connectivity index (χ1v) is 8.80. The maximum absolute atomic E-state index is 11.8. The molecular weight excluding hydrogens is 358 g/mol. The fraction of sp³-hybridized carbons (Fsp3) is 0.176. The molecule has 0 saturated carbocycles. The number of ether oxygens (including phenoxy) is 2. The molecule has 3 rings (SSSR count). The van der Waals surface area contributed by atoms with E-state index in [1.807, 2.05) is 6.07 Å². The molecule has 1 amide bonds. The van der Waals surface area contributed by atoms with Crippen molar-refractivity contribution in [2.24, 2.45) is 5.10 Å². The smallest absolute Gasteiger partial charge is 0.269 e. The van der Waals surface area contributed by atoms with Crippen LogP contribution >= 0.6 is 11.8 Å². The Labute approximate surface area is 153 Å². The van der Waals surface area contributed by atoms with E-state index in [9.17, 15) is 14.9 Å². The molecule has 2 aromatic rings. The van der Waals surface area contributed by atoms with Gasteiger partial charge in [0.25, 0.3) is 5.69 Å². The number of benzene rings is 2. The van der Waals surface area contributed by atoms with Crippen molar-refractivity contribution >= 4 is 29.6 Å². The summed E-state index contributed by atoms with van der Waals surface area (Å²) in [7, 11) is 0. The zero-order valence-corrected chi connectivity index (χ0v) is 14.4. The Morgan fingerprint density at radius 2 is 2.00 bits per heavy atom. The average Bonchev–Trinajstić information content (AvgIpc) is 3.10. The Morgan fingerprint density at radius 3 is 2.77 bits per heavy atom. The molecule has 0 radical (unpaired) electrons. The van der Waals surface area contributed by atoms with Crippen molar-refractivity contribution in [3.63, 3.8) is 0 Å². The van der Waals surface area contributed by atoms with E-state index in [0.29, 0.717) is 17.3 Å². The number of nitrogens with one attached hydrogen (secondary N) is 1. The molecule has 1 aliphatic heterocycles. The van der Waals surface area contributed by atoms with Crippen LogP contribution in [0.5, 0.6) is 11.5 Å². The zero-order chi connectivity index (χ0) is 18.4. The highest BCUT2D eigenvalue weighted by atomic mass is 32.2. The van der Waals surface area contributed by atoms with Crippen LogP contribution < -0.4 is 14.9 Å². The van der Waals surface area contributed by atoms with Crippen LogP contribution in [-0.2, 0) is 10.5 Å². The third-order valence-electron chi connectivity index (χ3n) is 3.45. The highest BCUT2D eigenvalue weighted by Gasteiger charge is 2.12. The third kappa shape index (κ3) is 4.73. The number of hydrogen-bond donors (Lipinski definition) is 1. The van der Waals surface area contributed by atoms with Gasteiger partial charge in [-0.25, -0.2) is 5.43 Å². The minimum absolute atomic E-state index is 0.0503. The van der Waals surface area contributed by atoms with Crippen molar-refractivity contribution in [2.75, 3.05) is 12.5 Å². The molecule has 1 aliphatic rings. The number of carbonyl (C=O) groups is 1. The van der Waals surface area contributed by atoms with Gasteiger partial charge >= 0.3 is 0 Å². The summed E-state index contributed by atoms with van der Waals surface area (Å²) >= 11 is 1.40. The molecule has 0 fully saturated rings. The molecule has 0 unspecified atom stereocenters. The molecular formula is C17H15N3O5S. The van der Waals surface area contributed by atoms with Crippen LogP contribution in [0.2, 0.25) is 0 Å². The van der Waals surface area contributed by atoms with Crippen LogP contribution in [0, 0.1) is 10.1 Å². The lowest BCUT2D eigenvalue weighted by Gasteiger charge is -2.02. The summed E-state index contributed by atoms with van der Waals surface area (Å²) in [6.45, 7) is 0.207. The molecule has 1 heterocycles. The Kier molecular flexibility index (Phi) is 5.69. The number of rotatable bonds is 7. The second-order valence-electron chi connectivity index (χ2n) is 5.32. The number of nitrogens with zero attached hydrogens (tertiary/aromatic N) is 2. The molecule has 26 heavy (non-hydrogen) atoms. The third-order valence-corrected chi connectivity index (χ3v) is 4.45. The van der Waals surface area contributed by atoms with Crippen LogP contribution in [0.3, 0.4) is 0 Å². The largest absolute Gasteiger partial charge is 0.454 e. The summed E-state index contributed by atoms with van der Waals surface area (Å²) in [5.74, 6) is 1.92. The van der Waals surface area contributed by atoms with Crippen molar-refractivity contribution in [3.8, 4) is 11.5 Å². The molecule has 8 nitrogen and oxygen atoms in total. The molecule has 0 atom stereocenters. The van der Waals surface area contributed by atoms with E-state index in [2.05, 4.69) is 10.5 Å². The van der Waals surface area contributed by atoms with Gasteiger partial charge < -0.3 is 9.47 Å². The van der Waals surface area contributed by atoms with Gasteiger partial charge in [0.1, 0.15) is 0 Å². The molecule has 2 aromatic carbocycles. The number of thioether (sulfide) groups is 1. The molecule has 0 bridgehead atoms. The van der Waals surface area contributed by atoms with E-state index in [0.717, 1.165) is 11.1 Å². The van der Waals surface area contributed by atoms with E-state index < -0.39 is 4.92 Å². The van der Waals surface area contributed by atoms with Crippen molar-refractivity contribution in [3.05, 3.63) is 63.7 Å². The molecule has 0 aromatic heterocycles. The van der Waals surface area contributed by atoms with Gasteiger partial charge in [-0.3, -0.25) is 14.9 Å². The highest BCUT2D eigenvalue weighted by molar-refractivity contribution is 7.99. The van der Waals surface area contributed by atoms with Gasteiger partial charge in [0.15, 0.2) is 11.5 Å². The van der Waals surface area contributed by atoms with Crippen molar-refractivity contribution < 1.29 is 19.2 Å². The molecule has 0 saturated heterocycles. The van der Waals surface area contributed by atoms with E-state index in [4.69, 9.17) is 9.47 Å². The fourth-order valence-electron chi connectivity index (χ4n) is 2.18. The SMILES string of the molecule is O=C(CSCc1ccc([N+](=O)[O-])cc1)N/N=C/c1ccc2c(c1)OCO2. The summed E-state index contributed by atoms with van der Waals surface area (Å²) in [6, 6.07) is 11.6. The zero-order valence-electron chi connectivity index (χ0n) is 13.6. The van der Waals surface area contributed by atoms with Crippen LogP contribution in [0.15, 0.2) is 47.6 Å². The maximum atomic E-state index is 11.8. The van der Waals surface area contributed by atoms with Gasteiger partial charge in [-0.2, -0.15) is 5.10 Å². The Morgan fingerprint density at radius 1 is 1.23 bits per heavy atom. The van der Waals surface area contributed by atoms with E-state index in [-0.39, 0.29) is 24.1 Å². The van der Waals surface area contributed by atoms with Crippen molar-refractivity contribution in [1.29, 1.82) is 0 Å². The van der Waals surface area contributed by atoms with Crippen molar-refractivity contribution in [1.82, 2.24) is 5.43 Å². The minimum Gasteiger partial charge on any atom is -0.454 e. The number of fused-ring (bicyclic) bond motifs is 1. The number of amides is 1. The van der Waals surface area contributed by atoms with Gasteiger partial charge in [-0.1, -0.05) is 12.1 Å². The number of nitro groups is 1. The number of hydrogen-bond acceptors (Lipinski definition) is 7. The maximum Gasteiger partial charge on any atom is 0.269 e. The van der Waals surface area contributed by atoms with Crippen LogP contribution in [-0.4, -0.2) is 29.6 Å². The normalized spacial score (nSPS) is 12.3. The van der Waals surface area contributed by atoms with Crippen LogP contribution in [0.25, 0.3) is 0 Å². The predicted molar refractivity (Wildman–Crippen MR) is 97.6 cm³/mol. The first kappa shape index (κ1) is 17.7. The minimum atomic E-state index is -0.442. The summed E-state index contributed by atoms with van der Waals surface area (Å²) in [5, 5.41) is 14.5.